The number of halogens is 1. The minimum atomic E-state index is -0.368. The van der Waals surface area contributed by atoms with Gasteiger partial charge < -0.3 is 10.2 Å². The van der Waals surface area contributed by atoms with Crippen LogP contribution in [0.15, 0.2) is 47.0 Å². The van der Waals surface area contributed by atoms with Gasteiger partial charge in [0.05, 0.1) is 5.69 Å². The summed E-state index contributed by atoms with van der Waals surface area (Å²) in [5.74, 6) is 0.694. The predicted molar refractivity (Wildman–Crippen MR) is 76.2 cm³/mol. The summed E-state index contributed by atoms with van der Waals surface area (Å²) in [5, 5.41) is 1.63. The molecule has 0 spiro atoms. The summed E-state index contributed by atoms with van der Waals surface area (Å²) >= 11 is 5.96. The van der Waals surface area contributed by atoms with E-state index in [4.69, 9.17) is 21.8 Å². The van der Waals surface area contributed by atoms with Crippen LogP contribution in [0.2, 0.25) is 5.02 Å². The Morgan fingerprint density at radius 1 is 1.26 bits per heavy atom. The predicted octanol–water partition coefficient (Wildman–Crippen LogP) is 3.84. The minimum Gasteiger partial charge on any atom is -0.459 e. The van der Waals surface area contributed by atoms with E-state index >= 15 is 0 Å². The molecule has 2 N–H and O–H groups in total. The number of nitrogens with zero attached hydrogens (tertiary/aromatic N) is 1. The number of furan rings is 1. The molecule has 1 atom stereocenters. The molecule has 0 bridgehead atoms. The standard InChI is InChI=1S/C15H13ClN2O/c1-9-3-2-6-18-15(9)14(17)13-8-10-7-11(16)4-5-12(10)19-13/h2-8,14H,17H2,1H3. The third-order valence-corrected chi connectivity index (χ3v) is 3.38. The third-order valence-electron chi connectivity index (χ3n) is 3.15. The fourth-order valence-corrected chi connectivity index (χ4v) is 2.33. The number of hydrogen-bond acceptors (Lipinski definition) is 3. The molecule has 0 fully saturated rings. The van der Waals surface area contributed by atoms with E-state index in [1.54, 1.807) is 12.3 Å². The van der Waals surface area contributed by atoms with E-state index in [1.165, 1.54) is 0 Å². The summed E-state index contributed by atoms with van der Waals surface area (Å²) < 4.78 is 5.77. The maximum Gasteiger partial charge on any atom is 0.134 e. The van der Waals surface area contributed by atoms with Crippen molar-refractivity contribution in [1.82, 2.24) is 4.98 Å². The van der Waals surface area contributed by atoms with Crippen molar-refractivity contribution in [2.45, 2.75) is 13.0 Å². The molecule has 2 aromatic heterocycles. The summed E-state index contributed by atoms with van der Waals surface area (Å²) in [6.45, 7) is 1.99. The second-order valence-corrected chi connectivity index (χ2v) is 4.95. The second-order valence-electron chi connectivity index (χ2n) is 4.51. The van der Waals surface area contributed by atoms with Gasteiger partial charge in [-0.15, -0.1) is 0 Å². The zero-order valence-corrected chi connectivity index (χ0v) is 11.2. The number of nitrogens with two attached hydrogens (primary N) is 1. The zero-order chi connectivity index (χ0) is 13.4. The van der Waals surface area contributed by atoms with Crippen molar-refractivity contribution in [3.8, 4) is 0 Å². The minimum absolute atomic E-state index is 0.368. The van der Waals surface area contributed by atoms with Crippen molar-refractivity contribution < 1.29 is 4.42 Å². The molecule has 3 rings (SSSR count). The Morgan fingerprint density at radius 2 is 2.11 bits per heavy atom. The molecule has 19 heavy (non-hydrogen) atoms. The van der Waals surface area contributed by atoms with Crippen LogP contribution in [-0.2, 0) is 0 Å². The molecule has 0 amide bonds. The molecule has 3 nitrogen and oxygen atoms in total. The van der Waals surface area contributed by atoms with E-state index in [-0.39, 0.29) is 6.04 Å². The Kier molecular flexibility index (Phi) is 3.01. The first-order valence-corrected chi connectivity index (χ1v) is 6.39. The van der Waals surface area contributed by atoms with Gasteiger partial charge in [-0.2, -0.15) is 0 Å². The Hall–Kier alpha value is -1.84. The normalized spacial score (nSPS) is 12.8. The van der Waals surface area contributed by atoms with E-state index in [0.717, 1.165) is 22.2 Å². The lowest BCUT2D eigenvalue weighted by molar-refractivity contribution is 0.520. The first kappa shape index (κ1) is 12.2. The van der Waals surface area contributed by atoms with E-state index in [0.29, 0.717) is 10.8 Å². The van der Waals surface area contributed by atoms with Crippen molar-refractivity contribution in [3.05, 3.63) is 64.6 Å². The van der Waals surface area contributed by atoms with Crippen molar-refractivity contribution in [2.75, 3.05) is 0 Å². The van der Waals surface area contributed by atoms with Gasteiger partial charge in [-0.1, -0.05) is 17.7 Å². The molecule has 0 aliphatic carbocycles. The summed E-state index contributed by atoms with van der Waals surface area (Å²) in [6.07, 6.45) is 1.74. The van der Waals surface area contributed by atoms with Crippen molar-refractivity contribution >= 4 is 22.6 Å². The number of hydrogen-bond donors (Lipinski definition) is 1. The van der Waals surface area contributed by atoms with Crippen LogP contribution in [0.4, 0.5) is 0 Å². The molecule has 0 aliphatic rings. The van der Waals surface area contributed by atoms with Gasteiger partial charge in [-0.3, -0.25) is 4.98 Å². The Bertz CT molecular complexity index is 736. The van der Waals surface area contributed by atoms with E-state index in [9.17, 15) is 0 Å². The van der Waals surface area contributed by atoms with Crippen LogP contribution in [0.3, 0.4) is 0 Å². The van der Waals surface area contributed by atoms with Crippen molar-refractivity contribution in [3.63, 3.8) is 0 Å². The molecule has 0 saturated carbocycles. The van der Waals surface area contributed by atoms with Crippen LogP contribution in [0.5, 0.6) is 0 Å². The maximum atomic E-state index is 6.23. The Morgan fingerprint density at radius 3 is 2.89 bits per heavy atom. The molecular weight excluding hydrogens is 260 g/mol. The SMILES string of the molecule is Cc1cccnc1C(N)c1cc2cc(Cl)ccc2o1. The Balaban J connectivity index is 2.07. The van der Waals surface area contributed by atoms with Crippen LogP contribution in [0.1, 0.15) is 23.1 Å². The van der Waals surface area contributed by atoms with Gasteiger partial charge in [-0.25, -0.2) is 0 Å². The largest absolute Gasteiger partial charge is 0.459 e. The molecule has 1 unspecified atom stereocenters. The highest BCUT2D eigenvalue weighted by Crippen LogP contribution is 2.28. The Labute approximate surface area is 116 Å². The van der Waals surface area contributed by atoms with Gasteiger partial charge in [-0.05, 0) is 42.8 Å². The summed E-state index contributed by atoms with van der Waals surface area (Å²) in [6, 6.07) is 10.9. The number of rotatable bonds is 2. The van der Waals surface area contributed by atoms with Gasteiger partial charge in [0.1, 0.15) is 17.4 Å². The van der Waals surface area contributed by atoms with Gasteiger partial charge in [0.15, 0.2) is 0 Å². The number of aromatic nitrogens is 1. The summed E-state index contributed by atoms with van der Waals surface area (Å²) in [5.41, 5.74) is 8.89. The topological polar surface area (TPSA) is 52.0 Å². The highest BCUT2D eigenvalue weighted by Gasteiger charge is 2.17. The van der Waals surface area contributed by atoms with Crippen LogP contribution in [-0.4, -0.2) is 4.98 Å². The molecule has 0 radical (unpaired) electrons. The average Bonchev–Trinajstić information content (AvgIpc) is 2.81. The second kappa shape index (κ2) is 4.68. The molecule has 0 aliphatic heterocycles. The van der Waals surface area contributed by atoms with Crippen molar-refractivity contribution in [2.24, 2.45) is 5.73 Å². The molecule has 96 valence electrons. The van der Waals surface area contributed by atoms with E-state index in [2.05, 4.69) is 4.98 Å². The smallest absolute Gasteiger partial charge is 0.134 e. The molecule has 1 aromatic carbocycles. The van der Waals surface area contributed by atoms with Crippen LogP contribution >= 0.6 is 11.6 Å². The van der Waals surface area contributed by atoms with Crippen molar-refractivity contribution in [1.29, 1.82) is 0 Å². The average molecular weight is 273 g/mol. The third kappa shape index (κ3) is 2.23. The van der Waals surface area contributed by atoms with Gasteiger partial charge >= 0.3 is 0 Å². The fraction of sp³-hybridized carbons (Fsp3) is 0.133. The van der Waals surface area contributed by atoms with Crippen LogP contribution < -0.4 is 5.73 Å². The zero-order valence-electron chi connectivity index (χ0n) is 10.4. The number of benzene rings is 1. The highest BCUT2D eigenvalue weighted by atomic mass is 35.5. The number of fused-ring (bicyclic) bond motifs is 1. The summed E-state index contributed by atoms with van der Waals surface area (Å²) in [4.78, 5) is 4.33. The number of pyridine rings is 1. The van der Waals surface area contributed by atoms with E-state index in [1.807, 2.05) is 37.3 Å². The van der Waals surface area contributed by atoms with Gasteiger partial charge in [0.25, 0.3) is 0 Å². The van der Waals surface area contributed by atoms with Crippen LogP contribution in [0.25, 0.3) is 11.0 Å². The monoisotopic (exact) mass is 272 g/mol. The fourth-order valence-electron chi connectivity index (χ4n) is 2.15. The first-order valence-electron chi connectivity index (χ1n) is 6.01. The van der Waals surface area contributed by atoms with Crippen LogP contribution in [0, 0.1) is 6.92 Å². The van der Waals surface area contributed by atoms with Gasteiger partial charge in [0.2, 0.25) is 0 Å². The summed E-state index contributed by atoms with van der Waals surface area (Å²) in [7, 11) is 0. The highest BCUT2D eigenvalue weighted by molar-refractivity contribution is 6.31. The molecular formula is C15H13ClN2O. The quantitative estimate of drug-likeness (QED) is 0.771. The number of aryl methyl sites for hydroxylation is 1. The first-order chi connectivity index (χ1) is 9.15. The lowest BCUT2D eigenvalue weighted by Crippen LogP contribution is -2.14. The maximum absolute atomic E-state index is 6.23. The molecule has 0 saturated heterocycles. The van der Waals surface area contributed by atoms with E-state index < -0.39 is 0 Å². The lowest BCUT2D eigenvalue weighted by atomic mass is 10.1. The molecule has 3 aromatic rings. The van der Waals surface area contributed by atoms with Gasteiger partial charge in [0, 0.05) is 16.6 Å². The lowest BCUT2D eigenvalue weighted by Gasteiger charge is -2.10. The molecule has 2 heterocycles. The molecule has 4 heteroatoms.